The zero-order valence-electron chi connectivity index (χ0n) is 13.8. The van der Waals surface area contributed by atoms with Gasteiger partial charge >= 0.3 is 0 Å². The predicted molar refractivity (Wildman–Crippen MR) is 85.6 cm³/mol. The Labute approximate surface area is 140 Å². The van der Waals surface area contributed by atoms with Crippen LogP contribution in [0.25, 0.3) is 0 Å². The van der Waals surface area contributed by atoms with Gasteiger partial charge < -0.3 is 24.1 Å². The van der Waals surface area contributed by atoms with Gasteiger partial charge in [-0.05, 0) is 18.1 Å². The van der Waals surface area contributed by atoms with E-state index in [-0.39, 0.29) is 18.9 Å². The molecule has 1 unspecified atom stereocenters. The number of hydrogen-bond acceptors (Lipinski definition) is 6. The lowest BCUT2D eigenvalue weighted by atomic mass is 9.65. The van der Waals surface area contributed by atoms with E-state index in [2.05, 4.69) is 17.1 Å². The van der Waals surface area contributed by atoms with Crippen molar-refractivity contribution in [2.75, 3.05) is 27.6 Å². The lowest BCUT2D eigenvalue weighted by Crippen LogP contribution is -2.52. The fourth-order valence-electron chi connectivity index (χ4n) is 4.97. The van der Waals surface area contributed by atoms with Gasteiger partial charge in [-0.2, -0.15) is 0 Å². The third kappa shape index (κ3) is 1.61. The minimum Gasteiger partial charge on any atom is -0.492 e. The second kappa shape index (κ2) is 4.88. The van der Waals surface area contributed by atoms with Gasteiger partial charge in [-0.25, -0.2) is 0 Å². The number of fused-ring (bicyclic) bond motifs is 2. The molecular weight excluding hydrogens is 310 g/mol. The summed E-state index contributed by atoms with van der Waals surface area (Å²) in [5, 5.41) is 11.0. The summed E-state index contributed by atoms with van der Waals surface area (Å²) in [6, 6.07) is 2.26. The van der Waals surface area contributed by atoms with Crippen LogP contribution in [0.3, 0.4) is 0 Å². The highest BCUT2D eigenvalue weighted by molar-refractivity contribution is 5.65. The van der Waals surface area contributed by atoms with Gasteiger partial charge in [0.1, 0.15) is 0 Å². The molecule has 2 bridgehead atoms. The Balaban J connectivity index is 1.76. The molecule has 5 rings (SSSR count). The standard InChI is InChI=1S/C18H21NO5/c1-21-10-3-4-18-12-6-13-17(24-9-23-13)16(22-2)11(12)7-19(8-15(18)20)14(18)5-10/h3-4,6,10,14-15,20H,5,7-9H2,1-2H3/t10-,14-,15+,18-/m1/s1. The molecule has 1 aromatic carbocycles. The molecular formula is C18H21NO5. The lowest BCUT2D eigenvalue weighted by molar-refractivity contribution is 0.0655. The Hall–Kier alpha value is -1.76. The SMILES string of the molecule is COc1c2c(cc3c1OCO3)[C@]13C=C[C@@H](OC)C[C@H]1N(C2)C[C@@H]3O. The van der Waals surface area contributed by atoms with Crippen LogP contribution < -0.4 is 14.2 Å². The van der Waals surface area contributed by atoms with Gasteiger partial charge in [0.15, 0.2) is 11.5 Å². The summed E-state index contributed by atoms with van der Waals surface area (Å²) in [7, 11) is 3.39. The van der Waals surface area contributed by atoms with Crippen LogP contribution in [0.2, 0.25) is 0 Å². The van der Waals surface area contributed by atoms with Gasteiger partial charge in [0.2, 0.25) is 12.5 Å². The number of rotatable bonds is 2. The Bertz CT molecular complexity index is 733. The summed E-state index contributed by atoms with van der Waals surface area (Å²) in [6.07, 6.45) is 4.73. The Morgan fingerprint density at radius 3 is 3.00 bits per heavy atom. The molecule has 6 nitrogen and oxygen atoms in total. The van der Waals surface area contributed by atoms with Crippen LogP contribution in [0.15, 0.2) is 18.2 Å². The van der Waals surface area contributed by atoms with Gasteiger partial charge in [0.05, 0.1) is 24.7 Å². The van der Waals surface area contributed by atoms with Crippen LogP contribution in [0.1, 0.15) is 17.5 Å². The van der Waals surface area contributed by atoms with Gasteiger partial charge in [0.25, 0.3) is 0 Å². The first kappa shape index (κ1) is 14.6. The van der Waals surface area contributed by atoms with Crippen LogP contribution in [0.5, 0.6) is 17.2 Å². The van der Waals surface area contributed by atoms with Gasteiger partial charge in [-0.3, -0.25) is 4.90 Å². The molecule has 0 radical (unpaired) electrons. The fraction of sp³-hybridized carbons (Fsp3) is 0.556. The molecule has 0 saturated carbocycles. The third-order valence-corrected chi connectivity index (χ3v) is 6.05. The predicted octanol–water partition coefficient (Wildman–Crippen LogP) is 1.20. The zero-order valence-corrected chi connectivity index (χ0v) is 13.8. The van der Waals surface area contributed by atoms with Crippen molar-refractivity contribution in [3.8, 4) is 17.2 Å². The minimum atomic E-state index is -0.456. The molecule has 0 amide bonds. The molecule has 3 heterocycles. The van der Waals surface area contributed by atoms with E-state index >= 15 is 0 Å². The first-order chi connectivity index (χ1) is 11.7. The van der Waals surface area contributed by atoms with Crippen LogP contribution in [0.4, 0.5) is 0 Å². The molecule has 1 saturated heterocycles. The van der Waals surface area contributed by atoms with Crippen LogP contribution in [-0.4, -0.2) is 55.8 Å². The van der Waals surface area contributed by atoms with E-state index in [1.54, 1.807) is 14.2 Å². The van der Waals surface area contributed by atoms with Crippen molar-refractivity contribution >= 4 is 0 Å². The van der Waals surface area contributed by atoms with Crippen LogP contribution in [0, 0.1) is 0 Å². The van der Waals surface area contributed by atoms with Crippen molar-refractivity contribution in [1.29, 1.82) is 0 Å². The van der Waals surface area contributed by atoms with E-state index < -0.39 is 11.5 Å². The van der Waals surface area contributed by atoms with Crippen molar-refractivity contribution in [2.45, 2.75) is 36.6 Å². The summed E-state index contributed by atoms with van der Waals surface area (Å²) < 4.78 is 22.4. The van der Waals surface area contributed by atoms with E-state index in [1.165, 1.54) is 0 Å². The number of aliphatic hydroxyl groups excluding tert-OH is 1. The molecule has 1 fully saturated rings. The molecule has 1 aliphatic carbocycles. The van der Waals surface area contributed by atoms with E-state index in [9.17, 15) is 5.11 Å². The molecule has 1 aromatic rings. The maximum atomic E-state index is 11.0. The van der Waals surface area contributed by atoms with E-state index in [0.29, 0.717) is 18.0 Å². The third-order valence-electron chi connectivity index (χ3n) is 6.05. The Morgan fingerprint density at radius 1 is 1.33 bits per heavy atom. The maximum Gasteiger partial charge on any atom is 0.231 e. The number of nitrogens with zero attached hydrogens (tertiary/aromatic N) is 1. The molecule has 1 N–H and O–H groups in total. The summed E-state index contributed by atoms with van der Waals surface area (Å²) >= 11 is 0. The molecule has 24 heavy (non-hydrogen) atoms. The number of aliphatic hydroxyl groups is 1. The first-order valence-electron chi connectivity index (χ1n) is 8.33. The smallest absolute Gasteiger partial charge is 0.231 e. The van der Waals surface area contributed by atoms with Gasteiger partial charge in [-0.1, -0.05) is 12.2 Å². The molecule has 5 atom stereocenters. The van der Waals surface area contributed by atoms with E-state index in [4.69, 9.17) is 18.9 Å². The van der Waals surface area contributed by atoms with Crippen molar-refractivity contribution in [2.24, 2.45) is 0 Å². The molecule has 0 aromatic heterocycles. The summed E-state index contributed by atoms with van der Waals surface area (Å²) in [5.41, 5.74) is 1.76. The topological polar surface area (TPSA) is 60.4 Å². The van der Waals surface area contributed by atoms with Crippen molar-refractivity contribution in [3.05, 3.63) is 29.3 Å². The number of ether oxygens (including phenoxy) is 4. The average Bonchev–Trinajstić information content (AvgIpc) is 3.14. The summed E-state index contributed by atoms with van der Waals surface area (Å²) in [6.45, 7) is 1.59. The fourth-order valence-corrected chi connectivity index (χ4v) is 4.97. The monoisotopic (exact) mass is 331 g/mol. The first-order valence-corrected chi connectivity index (χ1v) is 8.33. The average molecular weight is 331 g/mol. The van der Waals surface area contributed by atoms with Crippen molar-refractivity contribution in [3.63, 3.8) is 0 Å². The molecule has 128 valence electrons. The molecule has 0 spiro atoms. The van der Waals surface area contributed by atoms with Crippen LogP contribution >= 0.6 is 0 Å². The second-order valence-corrected chi connectivity index (χ2v) is 6.93. The minimum absolute atomic E-state index is 0.0911. The number of hydrogen-bond donors (Lipinski definition) is 1. The largest absolute Gasteiger partial charge is 0.492 e. The lowest BCUT2D eigenvalue weighted by Gasteiger charge is -2.46. The Kier molecular flexibility index (Phi) is 2.96. The van der Waals surface area contributed by atoms with Crippen molar-refractivity contribution < 1.29 is 24.1 Å². The highest BCUT2D eigenvalue weighted by atomic mass is 16.7. The van der Waals surface area contributed by atoms with Crippen LogP contribution in [-0.2, 0) is 16.7 Å². The zero-order chi connectivity index (χ0) is 16.5. The Morgan fingerprint density at radius 2 is 2.21 bits per heavy atom. The number of methoxy groups -OCH3 is 2. The second-order valence-electron chi connectivity index (χ2n) is 6.93. The highest BCUT2D eigenvalue weighted by Gasteiger charge is 2.59. The van der Waals surface area contributed by atoms with E-state index in [0.717, 1.165) is 29.8 Å². The molecule has 6 heteroatoms. The highest BCUT2D eigenvalue weighted by Crippen LogP contribution is 2.57. The molecule has 4 aliphatic rings. The summed E-state index contributed by atoms with van der Waals surface area (Å²) in [5.74, 6) is 2.11. The number of benzene rings is 1. The maximum absolute atomic E-state index is 11.0. The normalized spacial score (nSPS) is 38.0. The van der Waals surface area contributed by atoms with Gasteiger partial charge in [0, 0.05) is 31.8 Å². The quantitative estimate of drug-likeness (QED) is 0.822. The van der Waals surface area contributed by atoms with E-state index in [1.807, 2.05) is 6.07 Å². The summed E-state index contributed by atoms with van der Waals surface area (Å²) in [4.78, 5) is 2.34. The van der Waals surface area contributed by atoms with Crippen molar-refractivity contribution in [1.82, 2.24) is 4.90 Å². The van der Waals surface area contributed by atoms with Gasteiger partial charge in [-0.15, -0.1) is 0 Å². The molecule has 3 aliphatic heterocycles.